The van der Waals surface area contributed by atoms with E-state index in [2.05, 4.69) is 0 Å². The number of nitrogens with two attached hydrogens (primary N) is 2. The van der Waals surface area contributed by atoms with E-state index in [9.17, 15) is 17.5 Å². The van der Waals surface area contributed by atoms with Crippen molar-refractivity contribution in [3.05, 3.63) is 72.8 Å². The number of anilines is 2. The maximum Gasteiger partial charge on any atom is 1.00 e. The molecule has 0 saturated carbocycles. The molecule has 0 unspecified atom stereocenters. The fourth-order valence-electron chi connectivity index (χ4n) is 2.72. The van der Waals surface area contributed by atoms with E-state index in [0.29, 0.717) is 22.0 Å². The van der Waals surface area contributed by atoms with Crippen molar-refractivity contribution in [3.8, 4) is 0 Å². The summed E-state index contributed by atoms with van der Waals surface area (Å²) in [5, 5.41) is 1.05. The van der Waals surface area contributed by atoms with Gasteiger partial charge in [-0.25, -0.2) is 8.42 Å². The van der Waals surface area contributed by atoms with Gasteiger partial charge >= 0.3 is 29.6 Å². The van der Waals surface area contributed by atoms with Crippen molar-refractivity contribution in [3.63, 3.8) is 0 Å². The minimum absolute atomic E-state index is 0. The first-order chi connectivity index (χ1) is 12.2. The first-order valence-corrected chi connectivity index (χ1v) is 10.7. The molecule has 3 aromatic rings. The SMILES string of the molecule is Nc1cccc(P(=O)(c2cccc(N)c2)c2cccc(S(=O)(=O)[O-])c2)c1.[Na+]. The summed E-state index contributed by atoms with van der Waals surface area (Å²) in [4.78, 5) is -0.442. The van der Waals surface area contributed by atoms with Gasteiger partial charge in [-0.2, -0.15) is 0 Å². The number of rotatable bonds is 4. The summed E-state index contributed by atoms with van der Waals surface area (Å²) in [5.74, 6) is 0. The monoisotopic (exact) mass is 410 g/mol. The third kappa shape index (κ3) is 4.46. The smallest absolute Gasteiger partial charge is 0.744 e. The Morgan fingerprint density at radius 1 is 0.741 bits per heavy atom. The molecule has 4 N–H and O–H groups in total. The topological polar surface area (TPSA) is 126 Å². The summed E-state index contributed by atoms with van der Waals surface area (Å²) in [7, 11) is -8.18. The molecule has 0 aromatic heterocycles. The van der Waals surface area contributed by atoms with Gasteiger partial charge in [-0.3, -0.25) is 0 Å². The molecule has 6 nitrogen and oxygen atoms in total. The Hall–Kier alpha value is -1.60. The molecular weight excluding hydrogens is 394 g/mol. The van der Waals surface area contributed by atoms with E-state index in [4.69, 9.17) is 11.5 Å². The van der Waals surface area contributed by atoms with Gasteiger partial charge in [-0.15, -0.1) is 0 Å². The van der Waals surface area contributed by atoms with Crippen LogP contribution in [0.15, 0.2) is 77.7 Å². The van der Waals surface area contributed by atoms with E-state index in [1.807, 2.05) is 0 Å². The van der Waals surface area contributed by atoms with Crippen molar-refractivity contribution in [2.75, 3.05) is 11.5 Å². The second-order valence-electron chi connectivity index (χ2n) is 5.75. The first kappa shape index (κ1) is 21.7. The third-order valence-electron chi connectivity index (χ3n) is 3.94. The summed E-state index contributed by atoms with van der Waals surface area (Å²) in [6, 6.07) is 18.3. The molecule has 9 heteroatoms. The molecule has 0 spiro atoms. The standard InChI is InChI=1S/C18H17N2O4PS.Na/c19-13-4-1-6-15(10-13)25(21,16-7-2-5-14(20)11-16)17-8-3-9-18(12-17)26(22,23)24;/h1-12H,19-20H2,(H,22,23,24);/q;+1/p-1. The van der Waals surface area contributed by atoms with Crippen molar-refractivity contribution in [1.29, 1.82) is 0 Å². The third-order valence-corrected chi connectivity index (χ3v) is 7.78. The fraction of sp³-hybridized carbons (Fsp3) is 0. The molecule has 0 atom stereocenters. The summed E-state index contributed by atoms with van der Waals surface area (Å²) in [6.45, 7) is 0. The average molecular weight is 410 g/mol. The van der Waals surface area contributed by atoms with E-state index >= 15 is 0 Å². The summed E-state index contributed by atoms with van der Waals surface area (Å²) in [5.41, 5.74) is 12.5. The van der Waals surface area contributed by atoms with Crippen LogP contribution in [0.1, 0.15) is 0 Å². The molecule has 0 radical (unpaired) electrons. The van der Waals surface area contributed by atoms with Gasteiger partial charge < -0.3 is 20.6 Å². The largest absolute Gasteiger partial charge is 1.00 e. The van der Waals surface area contributed by atoms with Crippen LogP contribution in [0, 0.1) is 0 Å². The first-order valence-electron chi connectivity index (χ1n) is 7.60. The quantitative estimate of drug-likeness (QED) is 0.231. The molecule has 0 aliphatic heterocycles. The van der Waals surface area contributed by atoms with Crippen LogP contribution in [-0.4, -0.2) is 13.0 Å². The van der Waals surface area contributed by atoms with Gasteiger partial charge in [0, 0.05) is 27.3 Å². The van der Waals surface area contributed by atoms with Crippen molar-refractivity contribution < 1.29 is 47.1 Å². The number of hydrogen-bond donors (Lipinski definition) is 2. The molecule has 0 aliphatic carbocycles. The van der Waals surface area contributed by atoms with Crippen LogP contribution in [-0.2, 0) is 14.7 Å². The molecule has 3 aromatic carbocycles. The Morgan fingerprint density at radius 2 is 1.15 bits per heavy atom. The zero-order valence-electron chi connectivity index (χ0n) is 14.6. The van der Waals surface area contributed by atoms with Crippen LogP contribution in [0.5, 0.6) is 0 Å². The van der Waals surface area contributed by atoms with Crippen LogP contribution in [0.2, 0.25) is 0 Å². The van der Waals surface area contributed by atoms with Gasteiger partial charge in [0.15, 0.2) is 7.14 Å². The van der Waals surface area contributed by atoms with Gasteiger partial charge in [-0.1, -0.05) is 36.4 Å². The zero-order chi connectivity index (χ0) is 18.9. The van der Waals surface area contributed by atoms with E-state index in [-0.39, 0.29) is 34.9 Å². The second kappa shape index (κ2) is 8.19. The number of benzene rings is 3. The molecule has 3 rings (SSSR count). The molecule has 134 valence electrons. The van der Waals surface area contributed by atoms with Gasteiger partial charge in [0.2, 0.25) is 0 Å². The van der Waals surface area contributed by atoms with Gasteiger partial charge in [0.05, 0.1) is 4.90 Å². The van der Waals surface area contributed by atoms with Crippen molar-refractivity contribution in [2.45, 2.75) is 4.90 Å². The Morgan fingerprint density at radius 3 is 1.56 bits per heavy atom. The van der Waals surface area contributed by atoms with E-state index in [0.717, 1.165) is 6.07 Å². The van der Waals surface area contributed by atoms with E-state index in [1.165, 1.54) is 18.2 Å². The molecule has 0 amide bonds. The number of hydrogen-bond acceptors (Lipinski definition) is 6. The Bertz CT molecular complexity index is 1090. The van der Waals surface area contributed by atoms with Crippen LogP contribution in [0.3, 0.4) is 0 Å². The minimum Gasteiger partial charge on any atom is -0.744 e. The molecule has 27 heavy (non-hydrogen) atoms. The van der Waals surface area contributed by atoms with Crippen LogP contribution < -0.4 is 56.9 Å². The number of nitrogen functional groups attached to an aromatic ring is 2. The predicted molar refractivity (Wildman–Crippen MR) is 103 cm³/mol. The maximum atomic E-state index is 14.2. The second-order valence-corrected chi connectivity index (χ2v) is 9.90. The van der Waals surface area contributed by atoms with Crippen molar-refractivity contribution in [1.82, 2.24) is 0 Å². The molecular formula is C18H16N2NaO4PS. The fourth-order valence-corrected chi connectivity index (χ4v) is 6.09. The Labute approximate surface area is 180 Å². The van der Waals surface area contributed by atoms with E-state index in [1.54, 1.807) is 48.5 Å². The van der Waals surface area contributed by atoms with E-state index < -0.39 is 22.2 Å². The average Bonchev–Trinajstić information content (AvgIpc) is 2.60. The van der Waals surface area contributed by atoms with Crippen LogP contribution >= 0.6 is 7.14 Å². The van der Waals surface area contributed by atoms with Crippen LogP contribution in [0.4, 0.5) is 11.4 Å². The minimum atomic E-state index is -4.69. The zero-order valence-corrected chi connectivity index (χ0v) is 18.3. The normalized spacial score (nSPS) is 11.6. The molecule has 0 fully saturated rings. The van der Waals surface area contributed by atoms with Gasteiger partial charge in [0.25, 0.3) is 0 Å². The molecule has 0 bridgehead atoms. The summed E-state index contributed by atoms with van der Waals surface area (Å²) in [6.07, 6.45) is 0. The van der Waals surface area contributed by atoms with Crippen LogP contribution in [0.25, 0.3) is 0 Å². The van der Waals surface area contributed by atoms with Crippen molar-refractivity contribution in [2.24, 2.45) is 0 Å². The Balaban J connectivity index is 0.00000261. The van der Waals surface area contributed by atoms with Gasteiger partial charge in [0.1, 0.15) is 10.1 Å². The maximum absolute atomic E-state index is 14.2. The van der Waals surface area contributed by atoms with Gasteiger partial charge in [-0.05, 0) is 36.4 Å². The summed E-state index contributed by atoms with van der Waals surface area (Å²) >= 11 is 0. The van der Waals surface area contributed by atoms with Crippen molar-refractivity contribution >= 4 is 44.5 Å². The summed E-state index contributed by atoms with van der Waals surface area (Å²) < 4.78 is 48.4. The molecule has 0 saturated heterocycles. The molecule has 0 heterocycles. The Kier molecular flexibility index (Phi) is 6.58. The molecule has 0 aliphatic rings. The predicted octanol–water partition coefficient (Wildman–Crippen LogP) is -1.60.